The molecule has 0 aliphatic heterocycles. The fourth-order valence-corrected chi connectivity index (χ4v) is 4.49. The summed E-state index contributed by atoms with van der Waals surface area (Å²) in [7, 11) is 0. The maximum absolute atomic E-state index is 14.2. The molecule has 0 saturated carbocycles. The molecule has 0 aromatic heterocycles. The van der Waals surface area contributed by atoms with Crippen LogP contribution in [0.15, 0.2) is 36.4 Å². The first kappa shape index (κ1) is 31.7. The van der Waals surface area contributed by atoms with Gasteiger partial charge in [-0.05, 0) is 102 Å². The average molecular weight is 540 g/mol. The zero-order chi connectivity index (χ0) is 29.7. The number of aromatic hydroxyl groups is 1. The molecule has 8 heteroatoms. The standard InChI is InChI=1S/C31H45N3O5/c1-18(2)16-24(32-30(38)39-31(8,9)10)29(37)34(19(3)4)27(23-14-15-25(35)22(7)17-23)28(36)33-26-20(5)12-11-13-21(26)6/h11-15,17-19,24,27,35H,16H2,1-10H3,(H,32,38)(H,33,36). The van der Waals surface area contributed by atoms with Crippen molar-refractivity contribution in [2.75, 3.05) is 5.32 Å². The number of benzene rings is 2. The van der Waals surface area contributed by atoms with Crippen molar-refractivity contribution in [3.63, 3.8) is 0 Å². The van der Waals surface area contributed by atoms with E-state index in [1.807, 2.05) is 59.7 Å². The molecule has 2 rings (SSSR count). The Bertz CT molecular complexity index is 1160. The van der Waals surface area contributed by atoms with E-state index in [1.165, 1.54) is 11.0 Å². The van der Waals surface area contributed by atoms with Crippen LogP contribution >= 0.6 is 0 Å². The van der Waals surface area contributed by atoms with Gasteiger partial charge in [0.1, 0.15) is 23.4 Å². The van der Waals surface area contributed by atoms with Crippen LogP contribution in [0.25, 0.3) is 0 Å². The van der Waals surface area contributed by atoms with Crippen LogP contribution in [0.2, 0.25) is 0 Å². The van der Waals surface area contributed by atoms with Crippen LogP contribution in [0.3, 0.4) is 0 Å². The van der Waals surface area contributed by atoms with E-state index < -0.39 is 35.7 Å². The first-order chi connectivity index (χ1) is 18.0. The summed E-state index contributed by atoms with van der Waals surface area (Å²) in [6.45, 7) is 18.4. The lowest BCUT2D eigenvalue weighted by Gasteiger charge is -2.37. The highest BCUT2D eigenvalue weighted by Crippen LogP contribution is 2.31. The monoisotopic (exact) mass is 539 g/mol. The Labute approximate surface area is 233 Å². The molecule has 0 saturated heterocycles. The number of carbonyl (C=O) groups is 3. The topological polar surface area (TPSA) is 108 Å². The number of phenols is 1. The molecule has 2 aromatic carbocycles. The number of ether oxygens (including phenoxy) is 1. The SMILES string of the molecule is Cc1cc(C(C(=O)Nc2c(C)cccc2C)N(C(=O)C(CC(C)C)NC(=O)OC(C)(C)C)C(C)C)ccc1O. The summed E-state index contributed by atoms with van der Waals surface area (Å²) in [5.74, 6) is -0.600. The van der Waals surface area contributed by atoms with Crippen molar-refractivity contribution < 1.29 is 24.2 Å². The molecule has 0 aliphatic rings. The second-order valence-corrected chi connectivity index (χ2v) is 11.9. The molecule has 0 spiro atoms. The van der Waals surface area contributed by atoms with Gasteiger partial charge in [-0.2, -0.15) is 0 Å². The van der Waals surface area contributed by atoms with Gasteiger partial charge in [0, 0.05) is 11.7 Å². The van der Waals surface area contributed by atoms with Gasteiger partial charge < -0.3 is 25.4 Å². The van der Waals surface area contributed by atoms with Crippen LogP contribution in [0.5, 0.6) is 5.75 Å². The quantitative estimate of drug-likeness (QED) is 0.353. The number of nitrogens with zero attached hydrogens (tertiary/aromatic N) is 1. The van der Waals surface area contributed by atoms with E-state index >= 15 is 0 Å². The predicted molar refractivity (Wildman–Crippen MR) is 155 cm³/mol. The maximum Gasteiger partial charge on any atom is 0.408 e. The number of amides is 3. The van der Waals surface area contributed by atoms with E-state index in [2.05, 4.69) is 10.6 Å². The molecule has 0 bridgehead atoms. The number of carbonyl (C=O) groups excluding carboxylic acids is 3. The summed E-state index contributed by atoms with van der Waals surface area (Å²) in [6, 6.07) is 8.32. The van der Waals surface area contributed by atoms with Gasteiger partial charge in [-0.1, -0.05) is 38.1 Å². The second kappa shape index (κ2) is 13.0. The number of nitrogens with one attached hydrogen (secondary N) is 2. The lowest BCUT2D eigenvalue weighted by molar-refractivity contribution is -0.143. The van der Waals surface area contributed by atoms with E-state index in [4.69, 9.17) is 4.74 Å². The molecule has 2 atom stereocenters. The van der Waals surface area contributed by atoms with E-state index in [-0.39, 0.29) is 17.6 Å². The molecule has 3 N–H and O–H groups in total. The van der Waals surface area contributed by atoms with Crippen molar-refractivity contribution in [1.29, 1.82) is 0 Å². The van der Waals surface area contributed by atoms with Gasteiger partial charge in [-0.3, -0.25) is 9.59 Å². The molecule has 2 aromatic rings. The summed E-state index contributed by atoms with van der Waals surface area (Å²) >= 11 is 0. The maximum atomic E-state index is 14.2. The van der Waals surface area contributed by atoms with Crippen molar-refractivity contribution >= 4 is 23.6 Å². The third-order valence-corrected chi connectivity index (χ3v) is 6.30. The lowest BCUT2D eigenvalue weighted by atomic mass is 9.96. The van der Waals surface area contributed by atoms with Crippen molar-refractivity contribution in [3.05, 3.63) is 58.7 Å². The van der Waals surface area contributed by atoms with Crippen LogP contribution in [0, 0.1) is 26.7 Å². The molecular weight excluding hydrogens is 494 g/mol. The fraction of sp³-hybridized carbons (Fsp3) is 0.516. The molecule has 3 amide bonds. The van der Waals surface area contributed by atoms with E-state index in [0.717, 1.165) is 11.1 Å². The summed E-state index contributed by atoms with van der Waals surface area (Å²) in [4.78, 5) is 42.5. The van der Waals surface area contributed by atoms with Gasteiger partial charge in [-0.25, -0.2) is 4.79 Å². The normalized spacial score (nSPS) is 13.1. The lowest BCUT2D eigenvalue weighted by Crippen LogP contribution is -2.54. The second-order valence-electron chi connectivity index (χ2n) is 11.9. The van der Waals surface area contributed by atoms with Crippen LogP contribution in [-0.4, -0.2) is 45.6 Å². The fourth-order valence-electron chi connectivity index (χ4n) is 4.49. The Morgan fingerprint density at radius 2 is 1.54 bits per heavy atom. The van der Waals surface area contributed by atoms with Gasteiger partial charge in [-0.15, -0.1) is 0 Å². The third kappa shape index (κ3) is 8.73. The van der Waals surface area contributed by atoms with Crippen molar-refractivity contribution in [2.24, 2.45) is 5.92 Å². The third-order valence-electron chi connectivity index (χ3n) is 6.30. The van der Waals surface area contributed by atoms with Gasteiger partial charge in [0.15, 0.2) is 0 Å². The van der Waals surface area contributed by atoms with E-state index in [1.54, 1.807) is 39.8 Å². The minimum absolute atomic E-state index is 0.0840. The number of anilines is 1. The highest BCUT2D eigenvalue weighted by atomic mass is 16.6. The average Bonchev–Trinajstić information content (AvgIpc) is 2.79. The molecule has 0 heterocycles. The number of para-hydroxylation sites is 1. The molecule has 0 fully saturated rings. The Balaban J connectivity index is 2.60. The summed E-state index contributed by atoms with van der Waals surface area (Å²) in [5, 5.41) is 16.0. The Morgan fingerprint density at radius 1 is 0.949 bits per heavy atom. The van der Waals surface area contributed by atoms with Gasteiger partial charge in [0.05, 0.1) is 0 Å². The number of aryl methyl sites for hydroxylation is 3. The smallest absolute Gasteiger partial charge is 0.408 e. The zero-order valence-corrected chi connectivity index (χ0v) is 25.0. The largest absolute Gasteiger partial charge is 0.508 e. The number of rotatable bonds is 9. The van der Waals surface area contributed by atoms with Crippen LogP contribution in [0.4, 0.5) is 10.5 Å². The van der Waals surface area contributed by atoms with E-state index in [0.29, 0.717) is 23.2 Å². The van der Waals surface area contributed by atoms with Crippen LogP contribution in [0.1, 0.15) is 83.2 Å². The van der Waals surface area contributed by atoms with Gasteiger partial charge >= 0.3 is 6.09 Å². The molecule has 0 aliphatic carbocycles. The highest BCUT2D eigenvalue weighted by Gasteiger charge is 2.38. The first-order valence-corrected chi connectivity index (χ1v) is 13.5. The van der Waals surface area contributed by atoms with Gasteiger partial charge in [0.2, 0.25) is 5.91 Å². The number of hydrogen-bond donors (Lipinski definition) is 3. The molecule has 2 unspecified atom stereocenters. The zero-order valence-electron chi connectivity index (χ0n) is 25.0. The minimum Gasteiger partial charge on any atom is -0.508 e. The predicted octanol–water partition coefficient (Wildman–Crippen LogP) is 6.17. The van der Waals surface area contributed by atoms with Crippen LogP contribution < -0.4 is 10.6 Å². The summed E-state index contributed by atoms with van der Waals surface area (Å²) in [6.07, 6.45) is -0.330. The number of alkyl carbamates (subject to hydrolysis) is 1. The molecular formula is C31H45N3O5. The number of phenolic OH excluding ortho intramolecular Hbond substituents is 1. The van der Waals surface area contributed by atoms with Crippen molar-refractivity contribution in [2.45, 2.75) is 99.4 Å². The molecule has 8 nitrogen and oxygen atoms in total. The Morgan fingerprint density at radius 3 is 2.03 bits per heavy atom. The summed E-state index contributed by atoms with van der Waals surface area (Å²) in [5.41, 5.74) is 2.89. The molecule has 214 valence electrons. The van der Waals surface area contributed by atoms with Gasteiger partial charge in [0.25, 0.3) is 5.91 Å². The van der Waals surface area contributed by atoms with Crippen LogP contribution in [-0.2, 0) is 14.3 Å². The van der Waals surface area contributed by atoms with E-state index in [9.17, 15) is 19.5 Å². The van der Waals surface area contributed by atoms with Crippen molar-refractivity contribution in [3.8, 4) is 5.75 Å². The van der Waals surface area contributed by atoms with Crippen molar-refractivity contribution in [1.82, 2.24) is 10.2 Å². The molecule has 39 heavy (non-hydrogen) atoms. The number of hydrogen-bond acceptors (Lipinski definition) is 5. The Hall–Kier alpha value is -3.55. The Kier molecular flexibility index (Phi) is 10.6. The minimum atomic E-state index is -1.02. The highest BCUT2D eigenvalue weighted by molar-refractivity contribution is 6.00. The molecule has 0 radical (unpaired) electrons. The first-order valence-electron chi connectivity index (χ1n) is 13.5. The summed E-state index contributed by atoms with van der Waals surface area (Å²) < 4.78 is 5.44.